The fourth-order valence-corrected chi connectivity index (χ4v) is 2.17. The quantitative estimate of drug-likeness (QED) is 0.748. The first-order chi connectivity index (χ1) is 8.61. The van der Waals surface area contributed by atoms with Gasteiger partial charge in [0.25, 0.3) is 0 Å². The van der Waals surface area contributed by atoms with Crippen LogP contribution in [0.5, 0.6) is 0 Å². The third-order valence-electron chi connectivity index (χ3n) is 2.35. The van der Waals surface area contributed by atoms with Crippen molar-refractivity contribution in [2.75, 3.05) is 0 Å². The molecule has 90 valence electrons. The Morgan fingerprint density at radius 3 is 2.50 bits per heavy atom. The van der Waals surface area contributed by atoms with Gasteiger partial charge in [0.15, 0.2) is 0 Å². The Morgan fingerprint density at radius 2 is 1.78 bits per heavy atom. The number of nitrogens with zero attached hydrogens (tertiary/aromatic N) is 2. The van der Waals surface area contributed by atoms with E-state index in [4.69, 9.17) is 40.1 Å². The smallest absolute Gasteiger partial charge is 0.0774 e. The van der Waals surface area contributed by atoms with Crippen molar-refractivity contribution in [2.24, 2.45) is 0 Å². The molecule has 0 radical (unpaired) electrons. The number of halogens is 3. The Bertz CT molecular complexity index is 633. The minimum atomic E-state index is 0.257. The second-order valence-corrected chi connectivity index (χ2v) is 4.82. The maximum absolute atomic E-state index is 8.66. The molecular formula is C13H7Cl3N2. The number of nitriles is 1. The van der Waals surface area contributed by atoms with Gasteiger partial charge in [-0.05, 0) is 24.3 Å². The van der Waals surface area contributed by atoms with Gasteiger partial charge in [0.05, 0.1) is 38.9 Å². The molecule has 18 heavy (non-hydrogen) atoms. The summed E-state index contributed by atoms with van der Waals surface area (Å²) < 4.78 is 0. The predicted molar refractivity (Wildman–Crippen MR) is 74.0 cm³/mol. The number of pyridine rings is 1. The van der Waals surface area contributed by atoms with E-state index in [0.29, 0.717) is 32.0 Å². The molecule has 0 N–H and O–H groups in total. The van der Waals surface area contributed by atoms with E-state index in [1.807, 2.05) is 12.1 Å². The summed E-state index contributed by atoms with van der Waals surface area (Å²) in [6.45, 7) is 0. The minimum Gasteiger partial charge on any atom is -0.252 e. The van der Waals surface area contributed by atoms with Gasteiger partial charge in [-0.2, -0.15) is 5.26 Å². The van der Waals surface area contributed by atoms with Crippen LogP contribution in [0.25, 0.3) is 11.3 Å². The summed E-state index contributed by atoms with van der Waals surface area (Å²) in [6.07, 6.45) is 0.257. The lowest BCUT2D eigenvalue weighted by atomic mass is 10.1. The molecule has 0 aliphatic rings. The zero-order chi connectivity index (χ0) is 13.1. The van der Waals surface area contributed by atoms with Crippen molar-refractivity contribution in [3.05, 3.63) is 51.1 Å². The van der Waals surface area contributed by atoms with Crippen molar-refractivity contribution < 1.29 is 0 Å². The first-order valence-corrected chi connectivity index (χ1v) is 6.23. The lowest BCUT2D eigenvalue weighted by Crippen LogP contribution is -1.91. The van der Waals surface area contributed by atoms with Gasteiger partial charge in [-0.3, -0.25) is 4.98 Å². The Balaban J connectivity index is 2.52. The Kier molecular flexibility index (Phi) is 4.08. The van der Waals surface area contributed by atoms with Crippen LogP contribution in [0.3, 0.4) is 0 Å². The molecule has 0 unspecified atom stereocenters. The van der Waals surface area contributed by atoms with E-state index in [2.05, 4.69) is 11.1 Å². The summed E-state index contributed by atoms with van der Waals surface area (Å²) in [4.78, 5) is 4.36. The Morgan fingerprint density at radius 1 is 1.06 bits per heavy atom. The largest absolute Gasteiger partial charge is 0.252 e. The van der Waals surface area contributed by atoms with Gasteiger partial charge in [-0.25, -0.2) is 0 Å². The zero-order valence-corrected chi connectivity index (χ0v) is 11.4. The van der Waals surface area contributed by atoms with Gasteiger partial charge >= 0.3 is 0 Å². The van der Waals surface area contributed by atoms with Crippen molar-refractivity contribution in [1.82, 2.24) is 4.98 Å². The van der Waals surface area contributed by atoms with Gasteiger partial charge in [0.2, 0.25) is 0 Å². The molecule has 0 bridgehead atoms. The van der Waals surface area contributed by atoms with Gasteiger partial charge in [0.1, 0.15) is 0 Å². The summed E-state index contributed by atoms with van der Waals surface area (Å²) in [5.74, 6) is 0. The predicted octanol–water partition coefficient (Wildman–Crippen LogP) is 4.77. The molecule has 1 aromatic heterocycles. The summed E-state index contributed by atoms with van der Waals surface area (Å²) in [5, 5.41) is 9.96. The molecule has 1 heterocycles. The number of hydrogen-bond donors (Lipinski definition) is 0. The topological polar surface area (TPSA) is 36.7 Å². The maximum Gasteiger partial charge on any atom is 0.0774 e. The molecule has 0 saturated carbocycles. The second kappa shape index (κ2) is 5.58. The molecule has 0 spiro atoms. The monoisotopic (exact) mass is 296 g/mol. The highest BCUT2D eigenvalue weighted by atomic mass is 35.5. The molecule has 2 aromatic rings. The van der Waals surface area contributed by atoms with Crippen molar-refractivity contribution in [2.45, 2.75) is 6.42 Å². The molecule has 5 heteroatoms. The molecule has 1 aromatic carbocycles. The fourth-order valence-electron chi connectivity index (χ4n) is 1.53. The first kappa shape index (κ1) is 13.2. The van der Waals surface area contributed by atoms with Gasteiger partial charge < -0.3 is 0 Å². The summed E-state index contributed by atoms with van der Waals surface area (Å²) >= 11 is 18.0. The SMILES string of the molecule is N#CCc1cccc(-c2cc(Cl)c(Cl)cc2Cl)n1. The molecule has 0 fully saturated rings. The normalized spacial score (nSPS) is 10.1. The molecule has 0 saturated heterocycles. The maximum atomic E-state index is 8.66. The van der Waals surface area contributed by atoms with E-state index in [-0.39, 0.29) is 6.42 Å². The van der Waals surface area contributed by atoms with E-state index in [0.717, 1.165) is 0 Å². The Hall–Kier alpha value is -1.27. The van der Waals surface area contributed by atoms with Crippen LogP contribution >= 0.6 is 34.8 Å². The lowest BCUT2D eigenvalue weighted by Gasteiger charge is -2.07. The van der Waals surface area contributed by atoms with E-state index in [1.165, 1.54) is 0 Å². The number of hydrogen-bond acceptors (Lipinski definition) is 2. The minimum absolute atomic E-state index is 0.257. The number of rotatable bonds is 2. The average Bonchev–Trinajstić information content (AvgIpc) is 2.34. The second-order valence-electron chi connectivity index (χ2n) is 3.60. The highest BCUT2D eigenvalue weighted by Crippen LogP contribution is 2.34. The first-order valence-electron chi connectivity index (χ1n) is 5.09. The van der Waals surface area contributed by atoms with Crippen LogP contribution in [0, 0.1) is 11.3 Å². The van der Waals surface area contributed by atoms with E-state index >= 15 is 0 Å². The molecule has 0 aliphatic heterocycles. The van der Waals surface area contributed by atoms with Crippen molar-refractivity contribution in [1.29, 1.82) is 5.26 Å². The molecular weight excluding hydrogens is 291 g/mol. The molecule has 2 rings (SSSR count). The zero-order valence-electron chi connectivity index (χ0n) is 9.12. The van der Waals surface area contributed by atoms with Gasteiger partial charge in [0, 0.05) is 5.56 Å². The van der Waals surface area contributed by atoms with E-state index < -0.39 is 0 Å². The van der Waals surface area contributed by atoms with Gasteiger partial charge in [-0.15, -0.1) is 0 Å². The van der Waals surface area contributed by atoms with Crippen LogP contribution in [-0.4, -0.2) is 4.98 Å². The molecule has 0 aliphatic carbocycles. The highest BCUT2D eigenvalue weighted by molar-refractivity contribution is 6.44. The third-order valence-corrected chi connectivity index (χ3v) is 3.39. The lowest BCUT2D eigenvalue weighted by molar-refractivity contribution is 1.12. The fraction of sp³-hybridized carbons (Fsp3) is 0.0769. The van der Waals surface area contributed by atoms with Crippen LogP contribution in [0.4, 0.5) is 0 Å². The van der Waals surface area contributed by atoms with Gasteiger partial charge in [-0.1, -0.05) is 40.9 Å². The van der Waals surface area contributed by atoms with Crippen LogP contribution < -0.4 is 0 Å². The van der Waals surface area contributed by atoms with Crippen molar-refractivity contribution >= 4 is 34.8 Å². The summed E-state index contributed by atoms with van der Waals surface area (Å²) in [7, 11) is 0. The van der Waals surface area contributed by atoms with E-state index in [9.17, 15) is 0 Å². The number of aromatic nitrogens is 1. The number of benzene rings is 1. The summed E-state index contributed by atoms with van der Waals surface area (Å²) in [5.41, 5.74) is 2.06. The highest BCUT2D eigenvalue weighted by Gasteiger charge is 2.09. The molecule has 0 amide bonds. The van der Waals surface area contributed by atoms with Crippen molar-refractivity contribution in [3.8, 4) is 17.3 Å². The van der Waals surface area contributed by atoms with Crippen LogP contribution in [-0.2, 0) is 6.42 Å². The standard InChI is InChI=1S/C13H7Cl3N2/c14-10-7-12(16)11(15)6-9(10)13-3-1-2-8(18-13)4-5-17/h1-3,6-7H,4H2. The molecule has 2 nitrogen and oxygen atoms in total. The summed E-state index contributed by atoms with van der Waals surface area (Å²) in [6, 6.07) is 10.7. The van der Waals surface area contributed by atoms with Crippen LogP contribution in [0.1, 0.15) is 5.69 Å². The van der Waals surface area contributed by atoms with Crippen LogP contribution in [0.15, 0.2) is 30.3 Å². The Labute approximate surface area is 120 Å². The van der Waals surface area contributed by atoms with Crippen LogP contribution in [0.2, 0.25) is 15.1 Å². The third kappa shape index (κ3) is 2.76. The average molecular weight is 298 g/mol. The molecule has 0 atom stereocenters. The van der Waals surface area contributed by atoms with E-state index in [1.54, 1.807) is 18.2 Å². The van der Waals surface area contributed by atoms with Crippen molar-refractivity contribution in [3.63, 3.8) is 0 Å².